The third kappa shape index (κ3) is 2.65. The average molecular weight is 260 g/mol. The molecule has 0 saturated heterocycles. The smallest absolute Gasteiger partial charge is 0.163 e. The first-order valence-electron chi connectivity index (χ1n) is 6.97. The molecular formula is C19H16O. The summed E-state index contributed by atoms with van der Waals surface area (Å²) in [6.45, 7) is 2.07. The lowest BCUT2D eigenvalue weighted by Crippen LogP contribution is -2.10. The summed E-state index contributed by atoms with van der Waals surface area (Å²) in [6, 6.07) is 14.1. The first-order valence-corrected chi connectivity index (χ1v) is 6.97. The van der Waals surface area contributed by atoms with E-state index in [1.54, 1.807) is 0 Å². The van der Waals surface area contributed by atoms with Gasteiger partial charge >= 0.3 is 0 Å². The minimum atomic E-state index is 0.268. The molecule has 0 heterocycles. The number of fused-ring (bicyclic) bond motifs is 1. The molecule has 2 aromatic rings. The summed E-state index contributed by atoms with van der Waals surface area (Å²) in [4.78, 5) is 11.8. The molecule has 1 aliphatic carbocycles. The highest BCUT2D eigenvalue weighted by Crippen LogP contribution is 2.22. The van der Waals surface area contributed by atoms with Gasteiger partial charge in [-0.15, -0.1) is 0 Å². The van der Waals surface area contributed by atoms with Gasteiger partial charge in [0.2, 0.25) is 0 Å². The molecule has 1 heteroatoms. The molecule has 0 amide bonds. The van der Waals surface area contributed by atoms with Gasteiger partial charge in [0.1, 0.15) is 0 Å². The van der Waals surface area contributed by atoms with E-state index < -0.39 is 0 Å². The van der Waals surface area contributed by atoms with Crippen molar-refractivity contribution in [3.8, 4) is 11.8 Å². The lowest BCUT2D eigenvalue weighted by Gasteiger charge is -2.14. The predicted octanol–water partition coefficient (Wildman–Crippen LogP) is 3.91. The van der Waals surface area contributed by atoms with Crippen molar-refractivity contribution in [1.29, 1.82) is 0 Å². The number of rotatable bonds is 0. The first kappa shape index (κ1) is 12.7. The van der Waals surface area contributed by atoms with Gasteiger partial charge in [0, 0.05) is 23.1 Å². The summed E-state index contributed by atoms with van der Waals surface area (Å²) < 4.78 is 0. The van der Waals surface area contributed by atoms with Crippen LogP contribution in [0.1, 0.15) is 45.5 Å². The summed E-state index contributed by atoms with van der Waals surface area (Å²) >= 11 is 0. The first-order chi connectivity index (χ1) is 9.72. The van der Waals surface area contributed by atoms with E-state index in [1.165, 1.54) is 5.56 Å². The second-order valence-electron chi connectivity index (χ2n) is 5.26. The van der Waals surface area contributed by atoms with Crippen LogP contribution in [0.5, 0.6) is 0 Å². The Morgan fingerprint density at radius 2 is 1.60 bits per heavy atom. The fourth-order valence-electron chi connectivity index (χ4n) is 2.51. The van der Waals surface area contributed by atoms with Gasteiger partial charge < -0.3 is 0 Å². The van der Waals surface area contributed by atoms with Crippen LogP contribution >= 0.6 is 0 Å². The fourth-order valence-corrected chi connectivity index (χ4v) is 2.51. The van der Waals surface area contributed by atoms with Crippen molar-refractivity contribution >= 4 is 5.78 Å². The maximum Gasteiger partial charge on any atom is 0.163 e. The highest BCUT2D eigenvalue weighted by molar-refractivity contribution is 5.98. The van der Waals surface area contributed by atoms with Crippen LogP contribution in [0.2, 0.25) is 0 Å². The molecule has 0 aromatic heterocycles. The Morgan fingerprint density at radius 3 is 2.40 bits per heavy atom. The zero-order valence-corrected chi connectivity index (χ0v) is 11.6. The summed E-state index contributed by atoms with van der Waals surface area (Å²) in [6.07, 6.45) is 2.63. The molecule has 20 heavy (non-hydrogen) atoms. The van der Waals surface area contributed by atoms with Crippen LogP contribution in [0, 0.1) is 18.8 Å². The summed E-state index contributed by atoms with van der Waals surface area (Å²) in [5.41, 5.74) is 5.28. The van der Waals surface area contributed by atoms with Gasteiger partial charge in [-0.1, -0.05) is 29.5 Å². The van der Waals surface area contributed by atoms with E-state index in [9.17, 15) is 4.79 Å². The molecule has 2 aromatic carbocycles. The average Bonchev–Trinajstić information content (AvgIpc) is 2.47. The SMILES string of the molecule is Cc1ccc(C#Cc2ccc3c(c2)CCCC3=O)cc1. The van der Waals surface area contributed by atoms with E-state index in [1.807, 2.05) is 24.3 Å². The maximum absolute atomic E-state index is 11.8. The number of Topliss-reactive ketones (excluding diaryl/α,β-unsaturated/α-hetero) is 1. The number of hydrogen-bond donors (Lipinski definition) is 0. The maximum atomic E-state index is 11.8. The summed E-state index contributed by atoms with van der Waals surface area (Å²) in [5, 5.41) is 0. The van der Waals surface area contributed by atoms with Crippen LogP contribution in [0.25, 0.3) is 0 Å². The molecule has 0 fully saturated rings. The molecule has 0 unspecified atom stereocenters. The fraction of sp³-hybridized carbons (Fsp3) is 0.211. The lowest BCUT2D eigenvalue weighted by atomic mass is 9.89. The third-order valence-electron chi connectivity index (χ3n) is 3.66. The Bertz CT molecular complexity index is 712. The Morgan fingerprint density at radius 1 is 0.900 bits per heavy atom. The molecular weight excluding hydrogens is 244 g/mol. The lowest BCUT2D eigenvalue weighted by molar-refractivity contribution is 0.0972. The molecule has 98 valence electrons. The van der Waals surface area contributed by atoms with Crippen molar-refractivity contribution in [3.05, 3.63) is 70.3 Å². The van der Waals surface area contributed by atoms with Crippen molar-refractivity contribution in [2.75, 3.05) is 0 Å². The standard InChI is InChI=1S/C19H16O/c1-14-5-7-15(8-6-14)9-10-16-11-12-18-17(13-16)3-2-4-19(18)20/h5-8,11-13H,2-4H2,1H3. The minimum Gasteiger partial charge on any atom is -0.294 e. The van der Waals surface area contributed by atoms with Crippen molar-refractivity contribution in [2.24, 2.45) is 0 Å². The normalized spacial score (nSPS) is 13.3. The van der Waals surface area contributed by atoms with Crippen molar-refractivity contribution in [3.63, 3.8) is 0 Å². The monoisotopic (exact) mass is 260 g/mol. The van der Waals surface area contributed by atoms with Gasteiger partial charge in [0.25, 0.3) is 0 Å². The number of benzene rings is 2. The van der Waals surface area contributed by atoms with Gasteiger partial charge in [-0.05, 0) is 55.7 Å². The van der Waals surface area contributed by atoms with Gasteiger partial charge in [-0.2, -0.15) is 0 Å². The summed E-state index contributed by atoms with van der Waals surface area (Å²) in [7, 11) is 0. The molecule has 0 aliphatic heterocycles. The Labute approximate surface area is 119 Å². The number of aryl methyl sites for hydroxylation is 2. The van der Waals surface area contributed by atoms with Crippen molar-refractivity contribution in [2.45, 2.75) is 26.2 Å². The third-order valence-corrected chi connectivity index (χ3v) is 3.66. The van der Waals surface area contributed by atoms with E-state index in [0.717, 1.165) is 35.1 Å². The molecule has 0 atom stereocenters. The molecule has 0 saturated carbocycles. The van der Waals surface area contributed by atoms with Gasteiger partial charge in [0.05, 0.1) is 0 Å². The van der Waals surface area contributed by atoms with Crippen LogP contribution < -0.4 is 0 Å². The van der Waals surface area contributed by atoms with E-state index >= 15 is 0 Å². The minimum absolute atomic E-state index is 0.268. The predicted molar refractivity (Wildman–Crippen MR) is 80.9 cm³/mol. The van der Waals surface area contributed by atoms with Gasteiger partial charge in [-0.25, -0.2) is 0 Å². The van der Waals surface area contributed by atoms with Gasteiger partial charge in [-0.3, -0.25) is 4.79 Å². The van der Waals surface area contributed by atoms with Crippen LogP contribution in [0.3, 0.4) is 0 Å². The Balaban J connectivity index is 1.89. The molecule has 0 N–H and O–H groups in total. The molecule has 0 bridgehead atoms. The van der Waals surface area contributed by atoms with Crippen LogP contribution in [0.15, 0.2) is 42.5 Å². The van der Waals surface area contributed by atoms with E-state index in [2.05, 4.69) is 37.0 Å². The molecule has 0 spiro atoms. The van der Waals surface area contributed by atoms with E-state index in [0.29, 0.717) is 6.42 Å². The second kappa shape index (κ2) is 5.35. The number of carbonyl (C=O) groups is 1. The largest absolute Gasteiger partial charge is 0.294 e. The second-order valence-corrected chi connectivity index (χ2v) is 5.26. The molecule has 1 nitrogen and oxygen atoms in total. The van der Waals surface area contributed by atoms with E-state index in [4.69, 9.17) is 0 Å². The number of carbonyl (C=O) groups excluding carboxylic acids is 1. The van der Waals surface area contributed by atoms with Crippen LogP contribution in [0.4, 0.5) is 0 Å². The van der Waals surface area contributed by atoms with Crippen LogP contribution in [-0.2, 0) is 6.42 Å². The Kier molecular flexibility index (Phi) is 3.39. The molecule has 0 radical (unpaired) electrons. The van der Waals surface area contributed by atoms with Crippen LogP contribution in [-0.4, -0.2) is 5.78 Å². The summed E-state index contributed by atoms with van der Waals surface area (Å²) in [5.74, 6) is 6.62. The Hall–Kier alpha value is -2.33. The zero-order chi connectivity index (χ0) is 13.9. The van der Waals surface area contributed by atoms with Gasteiger partial charge in [0.15, 0.2) is 5.78 Å². The zero-order valence-electron chi connectivity index (χ0n) is 11.6. The quantitative estimate of drug-likeness (QED) is 0.656. The highest BCUT2D eigenvalue weighted by atomic mass is 16.1. The van der Waals surface area contributed by atoms with Crippen molar-refractivity contribution < 1.29 is 4.79 Å². The van der Waals surface area contributed by atoms with Crippen molar-refractivity contribution in [1.82, 2.24) is 0 Å². The molecule has 1 aliphatic rings. The highest BCUT2D eigenvalue weighted by Gasteiger charge is 2.16. The van der Waals surface area contributed by atoms with E-state index in [-0.39, 0.29) is 5.78 Å². The number of hydrogen-bond acceptors (Lipinski definition) is 1. The topological polar surface area (TPSA) is 17.1 Å². The molecule has 3 rings (SSSR count). The number of ketones is 1.